The quantitative estimate of drug-likeness (QED) is 0.526. The predicted molar refractivity (Wildman–Crippen MR) is 127 cm³/mol. The van der Waals surface area contributed by atoms with Crippen LogP contribution >= 0.6 is 0 Å². The van der Waals surface area contributed by atoms with Crippen molar-refractivity contribution in [3.63, 3.8) is 0 Å². The van der Waals surface area contributed by atoms with Crippen LogP contribution in [0, 0.1) is 11.3 Å². The number of ether oxygens (including phenoxy) is 2. The molecule has 1 saturated carbocycles. The third-order valence-corrected chi connectivity index (χ3v) is 6.66. The number of rotatable bonds is 7. The summed E-state index contributed by atoms with van der Waals surface area (Å²) in [6.45, 7) is 14.6. The van der Waals surface area contributed by atoms with Gasteiger partial charge >= 0.3 is 6.03 Å². The van der Waals surface area contributed by atoms with Gasteiger partial charge in [-0.25, -0.2) is 4.79 Å². The van der Waals surface area contributed by atoms with Gasteiger partial charge in [-0.15, -0.1) is 0 Å². The van der Waals surface area contributed by atoms with Crippen molar-refractivity contribution < 1.29 is 14.3 Å². The molecule has 1 heterocycles. The highest BCUT2D eigenvalue weighted by Crippen LogP contribution is 2.38. The van der Waals surface area contributed by atoms with Gasteiger partial charge in [0.2, 0.25) is 0 Å². The fourth-order valence-corrected chi connectivity index (χ4v) is 4.75. The lowest BCUT2D eigenvalue weighted by Crippen LogP contribution is -2.55. The summed E-state index contributed by atoms with van der Waals surface area (Å²) in [6.07, 6.45) is 5.87. The number of amides is 2. The van der Waals surface area contributed by atoms with E-state index in [4.69, 9.17) is 9.47 Å². The first kappa shape index (κ1) is 24.1. The van der Waals surface area contributed by atoms with Crippen LogP contribution in [0.25, 0.3) is 0 Å². The molecule has 5 heteroatoms. The van der Waals surface area contributed by atoms with Crippen molar-refractivity contribution in [3.05, 3.63) is 29.3 Å². The zero-order valence-corrected chi connectivity index (χ0v) is 20.3. The van der Waals surface area contributed by atoms with Crippen molar-refractivity contribution >= 4 is 11.7 Å². The molecule has 174 valence electrons. The third kappa shape index (κ3) is 6.23. The van der Waals surface area contributed by atoms with Crippen LogP contribution in [-0.4, -0.2) is 31.6 Å². The fourth-order valence-electron chi connectivity index (χ4n) is 4.75. The molecule has 31 heavy (non-hydrogen) atoms. The minimum absolute atomic E-state index is 0.00377. The highest BCUT2D eigenvalue weighted by molar-refractivity contribution is 5.91. The number of benzene rings is 1. The van der Waals surface area contributed by atoms with Gasteiger partial charge in [-0.05, 0) is 28.9 Å². The highest BCUT2D eigenvalue weighted by Gasteiger charge is 2.42. The molecule has 5 nitrogen and oxygen atoms in total. The molecule has 2 aliphatic rings. The normalized spacial score (nSPS) is 20.9. The van der Waals surface area contributed by atoms with Crippen molar-refractivity contribution in [2.45, 2.75) is 91.3 Å². The Balaban J connectivity index is 1.70. The standard InChI is InChI=1S/C26H42N2O3/c1-18(2)21-12-9-13-22(19(3)4)23(21)28-24(29)27-15-26(14-20-10-7-8-11-20)30-16-25(5,6)17-31-26/h9,12-13,18-20H,7-8,10-11,14-17H2,1-6H3,(H2,27,28,29). The van der Waals surface area contributed by atoms with Gasteiger partial charge in [-0.1, -0.05) is 85.4 Å². The Bertz CT molecular complexity index is 715. The Morgan fingerprint density at radius 2 is 1.58 bits per heavy atom. The molecule has 0 bridgehead atoms. The average molecular weight is 431 g/mol. The second kappa shape index (κ2) is 9.91. The molecule has 1 aromatic carbocycles. The SMILES string of the molecule is CC(C)c1cccc(C(C)C)c1NC(=O)NCC1(CC2CCCC2)OCC(C)(C)CO1. The lowest BCUT2D eigenvalue weighted by atomic mass is 9.91. The van der Waals surface area contributed by atoms with Gasteiger partial charge in [0.25, 0.3) is 0 Å². The number of anilines is 1. The molecule has 2 fully saturated rings. The first-order chi connectivity index (χ1) is 14.6. The zero-order valence-electron chi connectivity index (χ0n) is 20.3. The highest BCUT2D eigenvalue weighted by atomic mass is 16.7. The molecule has 0 aromatic heterocycles. The van der Waals surface area contributed by atoms with Crippen molar-refractivity contribution in [1.29, 1.82) is 0 Å². The molecule has 1 aliphatic carbocycles. The van der Waals surface area contributed by atoms with E-state index in [0.717, 1.165) is 23.2 Å². The summed E-state index contributed by atoms with van der Waals surface area (Å²) in [5.74, 6) is 0.547. The first-order valence-electron chi connectivity index (χ1n) is 12.1. The monoisotopic (exact) mass is 430 g/mol. The van der Waals surface area contributed by atoms with E-state index in [1.54, 1.807) is 0 Å². The molecule has 1 saturated heterocycles. The second-order valence-corrected chi connectivity index (χ2v) is 10.9. The molecular weight excluding hydrogens is 388 g/mol. The summed E-state index contributed by atoms with van der Waals surface area (Å²) in [5, 5.41) is 6.22. The van der Waals surface area contributed by atoms with E-state index in [1.807, 2.05) is 0 Å². The van der Waals surface area contributed by atoms with Crippen molar-refractivity contribution in [2.75, 3.05) is 25.1 Å². The van der Waals surface area contributed by atoms with Crippen molar-refractivity contribution in [1.82, 2.24) is 5.32 Å². The molecule has 1 aliphatic heterocycles. The minimum atomic E-state index is -0.722. The first-order valence-corrected chi connectivity index (χ1v) is 12.1. The topological polar surface area (TPSA) is 59.6 Å². The van der Waals surface area contributed by atoms with Gasteiger partial charge < -0.3 is 20.1 Å². The summed E-state index contributed by atoms with van der Waals surface area (Å²) in [7, 11) is 0. The fraction of sp³-hybridized carbons (Fsp3) is 0.731. The number of nitrogens with one attached hydrogen (secondary N) is 2. The Labute approximate surface area is 188 Å². The van der Waals surface area contributed by atoms with Crippen LogP contribution in [0.15, 0.2) is 18.2 Å². The maximum absolute atomic E-state index is 13.0. The van der Waals surface area contributed by atoms with Gasteiger partial charge in [-0.3, -0.25) is 0 Å². The Kier molecular flexibility index (Phi) is 7.69. The molecule has 1 aromatic rings. The lowest BCUT2D eigenvalue weighted by Gasteiger charge is -2.44. The largest absolute Gasteiger partial charge is 0.348 e. The van der Waals surface area contributed by atoms with Gasteiger partial charge in [0.1, 0.15) is 0 Å². The van der Waals surface area contributed by atoms with E-state index < -0.39 is 5.79 Å². The summed E-state index contributed by atoms with van der Waals surface area (Å²) in [5.41, 5.74) is 3.26. The van der Waals surface area contributed by atoms with E-state index in [1.165, 1.54) is 25.7 Å². The Morgan fingerprint density at radius 1 is 1.03 bits per heavy atom. The minimum Gasteiger partial charge on any atom is -0.348 e. The average Bonchev–Trinajstić information content (AvgIpc) is 3.21. The Morgan fingerprint density at radius 3 is 2.10 bits per heavy atom. The van der Waals surface area contributed by atoms with E-state index in [9.17, 15) is 4.79 Å². The molecule has 3 rings (SSSR count). The zero-order chi connectivity index (χ0) is 22.6. The van der Waals surface area contributed by atoms with E-state index >= 15 is 0 Å². The third-order valence-electron chi connectivity index (χ3n) is 6.66. The summed E-state index contributed by atoms with van der Waals surface area (Å²) < 4.78 is 12.6. The smallest absolute Gasteiger partial charge is 0.319 e. The summed E-state index contributed by atoms with van der Waals surface area (Å²) in [4.78, 5) is 13.0. The molecule has 0 radical (unpaired) electrons. The molecule has 0 atom stereocenters. The summed E-state index contributed by atoms with van der Waals surface area (Å²) in [6, 6.07) is 6.08. The second-order valence-electron chi connectivity index (χ2n) is 10.9. The van der Waals surface area contributed by atoms with Crippen LogP contribution in [0.5, 0.6) is 0 Å². The maximum atomic E-state index is 13.0. The lowest BCUT2D eigenvalue weighted by molar-refractivity contribution is -0.301. The Hall–Kier alpha value is -1.59. The van der Waals surface area contributed by atoms with Gasteiger partial charge in [0, 0.05) is 17.5 Å². The van der Waals surface area contributed by atoms with Gasteiger partial charge in [0.15, 0.2) is 5.79 Å². The number of carbonyl (C=O) groups is 1. The molecular formula is C26H42N2O3. The molecule has 0 spiro atoms. The van der Waals surface area contributed by atoms with Crippen LogP contribution in [0.3, 0.4) is 0 Å². The number of hydrogen-bond donors (Lipinski definition) is 2. The summed E-state index contributed by atoms with van der Waals surface area (Å²) >= 11 is 0. The predicted octanol–water partition coefficient (Wildman–Crippen LogP) is 6.40. The molecule has 2 N–H and O–H groups in total. The molecule has 2 amide bonds. The van der Waals surface area contributed by atoms with Crippen LogP contribution in [0.4, 0.5) is 10.5 Å². The number of urea groups is 1. The van der Waals surface area contributed by atoms with Crippen LogP contribution < -0.4 is 10.6 Å². The number of carbonyl (C=O) groups excluding carboxylic acids is 1. The van der Waals surface area contributed by atoms with Crippen LogP contribution in [0.2, 0.25) is 0 Å². The van der Waals surface area contributed by atoms with E-state index in [-0.39, 0.29) is 11.4 Å². The number of para-hydroxylation sites is 1. The van der Waals surface area contributed by atoms with Gasteiger partial charge in [0.05, 0.1) is 19.8 Å². The van der Waals surface area contributed by atoms with E-state index in [0.29, 0.717) is 37.5 Å². The van der Waals surface area contributed by atoms with Crippen molar-refractivity contribution in [3.8, 4) is 0 Å². The van der Waals surface area contributed by atoms with Crippen molar-refractivity contribution in [2.24, 2.45) is 11.3 Å². The maximum Gasteiger partial charge on any atom is 0.319 e. The van der Waals surface area contributed by atoms with Crippen LogP contribution in [-0.2, 0) is 9.47 Å². The number of hydrogen-bond acceptors (Lipinski definition) is 3. The molecule has 0 unspecified atom stereocenters. The van der Waals surface area contributed by atoms with Crippen LogP contribution in [0.1, 0.15) is 96.6 Å². The van der Waals surface area contributed by atoms with Gasteiger partial charge in [-0.2, -0.15) is 0 Å². The van der Waals surface area contributed by atoms with E-state index in [2.05, 4.69) is 70.4 Å².